The van der Waals surface area contributed by atoms with Gasteiger partial charge in [-0.15, -0.1) is 23.7 Å². The lowest BCUT2D eigenvalue weighted by Crippen LogP contribution is -2.48. The average Bonchev–Trinajstić information content (AvgIpc) is 2.45. The quantitative estimate of drug-likeness (QED) is 0.899. The zero-order valence-corrected chi connectivity index (χ0v) is 12.8. The van der Waals surface area contributed by atoms with Crippen molar-refractivity contribution in [3.63, 3.8) is 0 Å². The molecule has 1 aliphatic rings. The SMILES string of the molecule is Cc1cc(CN2CCNC(C)C2)sc1Br.Cl. The molecule has 1 atom stereocenters. The van der Waals surface area contributed by atoms with E-state index in [1.54, 1.807) is 0 Å². The van der Waals surface area contributed by atoms with Crippen molar-refractivity contribution < 1.29 is 0 Å². The van der Waals surface area contributed by atoms with E-state index in [1.807, 2.05) is 11.3 Å². The number of hydrogen-bond donors (Lipinski definition) is 1. The van der Waals surface area contributed by atoms with Crippen molar-refractivity contribution in [2.45, 2.75) is 26.4 Å². The third-order valence-corrected chi connectivity index (χ3v) is 4.86. The van der Waals surface area contributed by atoms with Crippen molar-refractivity contribution in [1.29, 1.82) is 0 Å². The first-order valence-corrected chi connectivity index (χ1v) is 6.96. The Morgan fingerprint density at radius 3 is 2.94 bits per heavy atom. The van der Waals surface area contributed by atoms with Crippen molar-refractivity contribution in [2.75, 3.05) is 19.6 Å². The first-order valence-electron chi connectivity index (χ1n) is 5.35. The maximum Gasteiger partial charge on any atom is 0.0730 e. The van der Waals surface area contributed by atoms with Crippen molar-refractivity contribution in [3.05, 3.63) is 20.3 Å². The summed E-state index contributed by atoms with van der Waals surface area (Å²) in [5, 5.41) is 3.47. The van der Waals surface area contributed by atoms with Crippen LogP contribution >= 0.6 is 39.7 Å². The fraction of sp³-hybridized carbons (Fsp3) is 0.636. The van der Waals surface area contributed by atoms with Gasteiger partial charge in [0.15, 0.2) is 0 Å². The monoisotopic (exact) mass is 324 g/mol. The summed E-state index contributed by atoms with van der Waals surface area (Å²) in [6, 6.07) is 2.92. The molecule has 1 fully saturated rings. The molecule has 0 saturated carbocycles. The van der Waals surface area contributed by atoms with E-state index in [-0.39, 0.29) is 12.4 Å². The van der Waals surface area contributed by atoms with Gasteiger partial charge >= 0.3 is 0 Å². The summed E-state index contributed by atoms with van der Waals surface area (Å²) in [6.07, 6.45) is 0. The molecule has 1 aliphatic heterocycles. The van der Waals surface area contributed by atoms with Crippen LogP contribution in [0, 0.1) is 6.92 Å². The van der Waals surface area contributed by atoms with Crippen LogP contribution in [0.3, 0.4) is 0 Å². The molecular formula is C11H18BrClN2S. The van der Waals surface area contributed by atoms with E-state index in [0.29, 0.717) is 6.04 Å². The summed E-state index contributed by atoms with van der Waals surface area (Å²) in [7, 11) is 0. The minimum atomic E-state index is 0. The molecule has 16 heavy (non-hydrogen) atoms. The molecule has 0 bridgehead atoms. The van der Waals surface area contributed by atoms with Gasteiger partial charge in [0.1, 0.15) is 0 Å². The van der Waals surface area contributed by atoms with Crippen molar-refractivity contribution in [1.82, 2.24) is 10.2 Å². The Hall–Kier alpha value is 0.390. The fourth-order valence-corrected chi connectivity index (χ4v) is 3.65. The Balaban J connectivity index is 0.00000128. The summed E-state index contributed by atoms with van der Waals surface area (Å²) in [4.78, 5) is 3.99. The van der Waals surface area contributed by atoms with Gasteiger partial charge in [0.25, 0.3) is 0 Å². The largest absolute Gasteiger partial charge is 0.312 e. The number of halogens is 2. The molecule has 0 spiro atoms. The third kappa shape index (κ3) is 3.70. The van der Waals surface area contributed by atoms with Crippen molar-refractivity contribution in [2.24, 2.45) is 0 Å². The number of piperazine rings is 1. The van der Waals surface area contributed by atoms with E-state index >= 15 is 0 Å². The lowest BCUT2D eigenvalue weighted by molar-refractivity contribution is 0.201. The lowest BCUT2D eigenvalue weighted by atomic mass is 10.2. The highest BCUT2D eigenvalue weighted by molar-refractivity contribution is 9.11. The molecule has 0 radical (unpaired) electrons. The van der Waals surface area contributed by atoms with E-state index < -0.39 is 0 Å². The van der Waals surface area contributed by atoms with Gasteiger partial charge in [-0.2, -0.15) is 0 Å². The van der Waals surface area contributed by atoms with Crippen LogP contribution in [0.15, 0.2) is 9.85 Å². The zero-order valence-electron chi connectivity index (χ0n) is 9.62. The van der Waals surface area contributed by atoms with E-state index in [1.165, 1.54) is 20.8 Å². The Morgan fingerprint density at radius 1 is 1.62 bits per heavy atom. The smallest absolute Gasteiger partial charge is 0.0730 e. The van der Waals surface area contributed by atoms with Crippen molar-refractivity contribution >= 4 is 39.7 Å². The third-order valence-electron chi connectivity index (χ3n) is 2.74. The molecule has 0 aliphatic carbocycles. The molecule has 92 valence electrons. The van der Waals surface area contributed by atoms with Gasteiger partial charge in [0.05, 0.1) is 3.79 Å². The molecule has 0 aromatic carbocycles. The number of nitrogens with one attached hydrogen (secondary N) is 1. The number of rotatable bonds is 2. The van der Waals surface area contributed by atoms with Gasteiger partial charge in [-0.25, -0.2) is 0 Å². The minimum Gasteiger partial charge on any atom is -0.312 e. The standard InChI is InChI=1S/C11H17BrN2S.ClH/c1-8-5-10(15-11(8)12)7-14-4-3-13-9(2)6-14;/h5,9,13H,3-4,6-7H2,1-2H3;1H. The van der Waals surface area contributed by atoms with Crippen molar-refractivity contribution in [3.8, 4) is 0 Å². The molecule has 2 rings (SSSR count). The van der Waals surface area contributed by atoms with Gasteiger partial charge in [-0.05, 0) is 41.4 Å². The number of aryl methyl sites for hydroxylation is 1. The molecule has 1 aromatic heterocycles. The normalized spacial score (nSPS) is 21.8. The van der Waals surface area contributed by atoms with E-state index in [2.05, 4.69) is 46.1 Å². The van der Waals surface area contributed by atoms with Gasteiger partial charge in [-0.3, -0.25) is 4.90 Å². The molecule has 1 aromatic rings. The first kappa shape index (κ1) is 14.5. The Labute approximate surface area is 116 Å². The molecule has 0 amide bonds. The first-order chi connectivity index (χ1) is 7.15. The molecule has 2 nitrogen and oxygen atoms in total. The van der Waals surface area contributed by atoms with Crippen LogP contribution in [0.4, 0.5) is 0 Å². The summed E-state index contributed by atoms with van der Waals surface area (Å²) in [5.74, 6) is 0. The summed E-state index contributed by atoms with van der Waals surface area (Å²) in [5.41, 5.74) is 1.36. The Kier molecular flexibility index (Phi) is 5.74. The average molecular weight is 326 g/mol. The Bertz CT molecular complexity index is 323. The molecule has 2 heterocycles. The summed E-state index contributed by atoms with van der Waals surface area (Å²) < 4.78 is 1.28. The van der Waals surface area contributed by atoms with Gasteiger partial charge < -0.3 is 5.32 Å². The Morgan fingerprint density at radius 2 is 2.38 bits per heavy atom. The van der Waals surface area contributed by atoms with Gasteiger partial charge in [0.2, 0.25) is 0 Å². The minimum absolute atomic E-state index is 0. The van der Waals surface area contributed by atoms with Crippen LogP contribution in [0.25, 0.3) is 0 Å². The molecule has 1 unspecified atom stereocenters. The highest BCUT2D eigenvalue weighted by Crippen LogP contribution is 2.28. The second-order valence-corrected chi connectivity index (χ2v) is 6.71. The van der Waals surface area contributed by atoms with Crippen LogP contribution in [0.2, 0.25) is 0 Å². The molecular weight excluding hydrogens is 308 g/mol. The van der Waals surface area contributed by atoms with E-state index in [9.17, 15) is 0 Å². The molecule has 1 saturated heterocycles. The topological polar surface area (TPSA) is 15.3 Å². The maximum atomic E-state index is 3.58. The molecule has 5 heteroatoms. The second kappa shape index (κ2) is 6.36. The highest BCUT2D eigenvalue weighted by Gasteiger charge is 2.16. The summed E-state index contributed by atoms with van der Waals surface area (Å²) in [6.45, 7) is 8.95. The van der Waals surface area contributed by atoms with E-state index in [0.717, 1.165) is 19.6 Å². The van der Waals surface area contributed by atoms with Gasteiger partial charge in [-0.1, -0.05) is 0 Å². The summed E-state index contributed by atoms with van der Waals surface area (Å²) >= 11 is 5.44. The van der Waals surface area contributed by atoms with E-state index in [4.69, 9.17) is 0 Å². The maximum absolute atomic E-state index is 3.58. The molecule has 1 N–H and O–H groups in total. The predicted octanol–water partition coefficient (Wildman–Crippen LogP) is 3.03. The van der Waals surface area contributed by atoms with Crippen LogP contribution in [-0.4, -0.2) is 30.6 Å². The highest BCUT2D eigenvalue weighted by atomic mass is 79.9. The number of hydrogen-bond acceptors (Lipinski definition) is 3. The second-order valence-electron chi connectivity index (χ2n) is 4.26. The zero-order chi connectivity index (χ0) is 10.8. The lowest BCUT2D eigenvalue weighted by Gasteiger charge is -2.31. The van der Waals surface area contributed by atoms with Gasteiger partial charge in [0, 0.05) is 37.1 Å². The van der Waals surface area contributed by atoms with Crippen LogP contribution in [-0.2, 0) is 6.54 Å². The number of thiophene rings is 1. The predicted molar refractivity (Wildman–Crippen MR) is 76.7 cm³/mol. The number of nitrogens with zero attached hydrogens (tertiary/aromatic N) is 1. The fourth-order valence-electron chi connectivity index (χ4n) is 1.98. The van der Waals surface area contributed by atoms with Crippen LogP contribution in [0.5, 0.6) is 0 Å². The van der Waals surface area contributed by atoms with Crippen LogP contribution < -0.4 is 5.32 Å². The van der Waals surface area contributed by atoms with Crippen LogP contribution in [0.1, 0.15) is 17.4 Å².